The molecular formula is C28H32N6O2. The molecule has 0 atom stereocenters. The predicted octanol–water partition coefficient (Wildman–Crippen LogP) is 4.91. The minimum atomic E-state index is -0.232. The van der Waals surface area contributed by atoms with Crippen molar-refractivity contribution in [3.05, 3.63) is 71.4 Å². The molecule has 1 aliphatic rings. The summed E-state index contributed by atoms with van der Waals surface area (Å²) in [6, 6.07) is 9.49. The summed E-state index contributed by atoms with van der Waals surface area (Å²) in [6.45, 7) is 4.10. The van der Waals surface area contributed by atoms with E-state index < -0.39 is 0 Å². The second kappa shape index (κ2) is 10.1. The summed E-state index contributed by atoms with van der Waals surface area (Å²) in [5.41, 5.74) is 11.4. The number of rotatable bonds is 6. The molecule has 36 heavy (non-hydrogen) atoms. The highest BCUT2D eigenvalue weighted by Gasteiger charge is 2.27. The molecule has 0 unspecified atom stereocenters. The molecule has 186 valence electrons. The van der Waals surface area contributed by atoms with Gasteiger partial charge in [0, 0.05) is 35.6 Å². The van der Waals surface area contributed by atoms with Crippen LogP contribution in [0.25, 0.3) is 16.8 Å². The van der Waals surface area contributed by atoms with Crippen LogP contribution in [0.4, 0.5) is 11.6 Å². The number of nitrogen functional groups attached to an aromatic ring is 1. The Balaban J connectivity index is 1.46. The Kier molecular flexibility index (Phi) is 6.69. The van der Waals surface area contributed by atoms with Crippen molar-refractivity contribution in [1.29, 1.82) is 0 Å². The zero-order chi connectivity index (χ0) is 25.2. The van der Waals surface area contributed by atoms with E-state index in [4.69, 9.17) is 10.7 Å². The van der Waals surface area contributed by atoms with Gasteiger partial charge in [-0.1, -0.05) is 19.4 Å². The number of nitrogens with zero attached hydrogens (tertiary/aromatic N) is 4. The molecule has 4 aromatic rings. The molecule has 8 heteroatoms. The van der Waals surface area contributed by atoms with Crippen LogP contribution in [0.1, 0.15) is 72.3 Å². The molecule has 5 rings (SSSR count). The lowest BCUT2D eigenvalue weighted by molar-refractivity contribution is 0.102. The number of carbonyl (C=O) groups is 1. The minimum Gasteiger partial charge on any atom is -0.393 e. The van der Waals surface area contributed by atoms with Gasteiger partial charge in [0.2, 0.25) is 0 Å². The summed E-state index contributed by atoms with van der Waals surface area (Å²) in [7, 11) is 0. The molecule has 4 N–H and O–H groups in total. The van der Waals surface area contributed by atoms with E-state index in [-0.39, 0.29) is 17.9 Å². The van der Waals surface area contributed by atoms with E-state index in [2.05, 4.69) is 22.2 Å². The predicted molar refractivity (Wildman–Crippen MR) is 141 cm³/mol. The van der Waals surface area contributed by atoms with E-state index in [1.54, 1.807) is 12.4 Å². The van der Waals surface area contributed by atoms with Gasteiger partial charge in [-0.3, -0.25) is 9.20 Å². The Labute approximate surface area is 210 Å². The molecule has 1 amide bonds. The van der Waals surface area contributed by atoms with Gasteiger partial charge in [-0.25, -0.2) is 15.0 Å². The van der Waals surface area contributed by atoms with Crippen LogP contribution >= 0.6 is 0 Å². The Morgan fingerprint density at radius 2 is 1.94 bits per heavy atom. The lowest BCUT2D eigenvalue weighted by Crippen LogP contribution is -2.18. The first-order chi connectivity index (χ1) is 17.4. The molecule has 1 fully saturated rings. The standard InChI is InChI=1S/C28H32N6O2/c1-3-4-18-11-12-30-23(16-18)32-28(36)20-7-10-22(17(2)15-20)24-25-26(29)31-13-14-34(25)27(33-24)19-5-8-21(35)9-6-19/h7,10-16,19,21,35H,3-6,8-9H2,1-2H3,(H2,29,31)(H,30,32,36). The highest BCUT2D eigenvalue weighted by atomic mass is 16.3. The van der Waals surface area contributed by atoms with E-state index in [9.17, 15) is 9.90 Å². The number of aromatic nitrogens is 4. The number of anilines is 2. The average Bonchev–Trinajstić information content (AvgIpc) is 3.25. The monoisotopic (exact) mass is 484 g/mol. The molecule has 1 saturated carbocycles. The van der Waals surface area contributed by atoms with Gasteiger partial charge in [-0.2, -0.15) is 0 Å². The molecule has 1 aromatic carbocycles. The minimum absolute atomic E-state index is 0.205. The third-order valence-corrected chi connectivity index (χ3v) is 7.02. The second-order valence-corrected chi connectivity index (χ2v) is 9.64. The van der Waals surface area contributed by atoms with Crippen molar-refractivity contribution in [3.63, 3.8) is 0 Å². The smallest absolute Gasteiger partial charge is 0.256 e. The van der Waals surface area contributed by atoms with Gasteiger partial charge in [-0.05, 0) is 74.4 Å². The van der Waals surface area contributed by atoms with Gasteiger partial charge in [-0.15, -0.1) is 0 Å². The summed E-state index contributed by atoms with van der Waals surface area (Å²) in [4.78, 5) is 26.6. The third kappa shape index (κ3) is 4.68. The summed E-state index contributed by atoms with van der Waals surface area (Å²) in [6.07, 6.45) is 10.4. The molecule has 0 saturated heterocycles. The topological polar surface area (TPSA) is 118 Å². The zero-order valence-electron chi connectivity index (χ0n) is 20.7. The zero-order valence-corrected chi connectivity index (χ0v) is 20.7. The number of amides is 1. The summed E-state index contributed by atoms with van der Waals surface area (Å²) < 4.78 is 2.04. The lowest BCUT2D eigenvalue weighted by atomic mass is 9.87. The molecule has 0 bridgehead atoms. The van der Waals surface area contributed by atoms with Crippen molar-refractivity contribution in [1.82, 2.24) is 19.4 Å². The van der Waals surface area contributed by atoms with Crippen LogP contribution < -0.4 is 11.1 Å². The first-order valence-electron chi connectivity index (χ1n) is 12.6. The number of carbonyl (C=O) groups excluding carboxylic acids is 1. The number of nitrogens with one attached hydrogen (secondary N) is 1. The van der Waals surface area contributed by atoms with Gasteiger partial charge in [0.1, 0.15) is 28.7 Å². The lowest BCUT2D eigenvalue weighted by Gasteiger charge is -2.24. The summed E-state index contributed by atoms with van der Waals surface area (Å²) in [5, 5.41) is 12.9. The molecule has 1 aliphatic carbocycles. The van der Waals surface area contributed by atoms with Crippen molar-refractivity contribution < 1.29 is 9.90 Å². The van der Waals surface area contributed by atoms with Crippen LogP contribution in [0.2, 0.25) is 0 Å². The molecule has 0 spiro atoms. The fourth-order valence-electron chi connectivity index (χ4n) is 5.14. The fraction of sp³-hybridized carbons (Fsp3) is 0.357. The normalized spacial score (nSPS) is 17.9. The van der Waals surface area contributed by atoms with Gasteiger partial charge in [0.15, 0.2) is 0 Å². The summed E-state index contributed by atoms with van der Waals surface area (Å²) in [5.74, 6) is 1.95. The number of hydrogen-bond acceptors (Lipinski definition) is 6. The van der Waals surface area contributed by atoms with Crippen molar-refractivity contribution >= 4 is 23.1 Å². The largest absolute Gasteiger partial charge is 0.393 e. The van der Waals surface area contributed by atoms with Crippen LogP contribution in [0.15, 0.2) is 48.9 Å². The Bertz CT molecular complexity index is 1400. The van der Waals surface area contributed by atoms with Gasteiger partial charge in [0.25, 0.3) is 5.91 Å². The number of aliphatic hydroxyl groups excluding tert-OH is 1. The van der Waals surface area contributed by atoms with E-state index in [0.29, 0.717) is 17.2 Å². The van der Waals surface area contributed by atoms with E-state index in [0.717, 1.165) is 72.3 Å². The van der Waals surface area contributed by atoms with Crippen LogP contribution in [0.5, 0.6) is 0 Å². The van der Waals surface area contributed by atoms with Crippen LogP contribution in [0.3, 0.4) is 0 Å². The molecule has 3 aromatic heterocycles. The Hall–Kier alpha value is -3.78. The number of imidazole rings is 1. The Morgan fingerprint density at radius 3 is 2.69 bits per heavy atom. The summed E-state index contributed by atoms with van der Waals surface area (Å²) >= 11 is 0. The molecule has 0 aliphatic heterocycles. The number of benzene rings is 1. The van der Waals surface area contributed by atoms with Gasteiger partial charge in [0.05, 0.1) is 6.10 Å². The highest BCUT2D eigenvalue weighted by Crippen LogP contribution is 2.37. The van der Waals surface area contributed by atoms with Gasteiger partial charge < -0.3 is 16.2 Å². The van der Waals surface area contributed by atoms with Crippen LogP contribution in [-0.2, 0) is 6.42 Å². The SMILES string of the molecule is CCCc1ccnc(NC(=O)c2ccc(-c3nc(C4CCC(O)CC4)n4ccnc(N)c34)c(C)c2)c1. The van der Waals surface area contributed by atoms with E-state index in [1.807, 2.05) is 47.9 Å². The quantitative estimate of drug-likeness (QED) is 0.358. The number of pyridine rings is 1. The number of aliphatic hydroxyl groups is 1. The number of aryl methyl sites for hydroxylation is 2. The number of nitrogens with two attached hydrogens (primary N) is 1. The van der Waals surface area contributed by atoms with Crippen molar-refractivity contribution in [2.24, 2.45) is 0 Å². The van der Waals surface area contributed by atoms with E-state index in [1.165, 1.54) is 0 Å². The van der Waals surface area contributed by atoms with Crippen LogP contribution in [0, 0.1) is 6.92 Å². The molecule has 0 radical (unpaired) electrons. The van der Waals surface area contributed by atoms with Crippen LogP contribution in [-0.4, -0.2) is 36.5 Å². The molecule has 3 heterocycles. The molecule has 8 nitrogen and oxygen atoms in total. The Morgan fingerprint density at radius 1 is 1.14 bits per heavy atom. The fourth-order valence-corrected chi connectivity index (χ4v) is 5.14. The van der Waals surface area contributed by atoms with Crippen molar-refractivity contribution in [2.75, 3.05) is 11.1 Å². The first-order valence-corrected chi connectivity index (χ1v) is 12.6. The maximum Gasteiger partial charge on any atom is 0.256 e. The number of hydrogen-bond donors (Lipinski definition) is 3. The van der Waals surface area contributed by atoms with Crippen molar-refractivity contribution in [3.8, 4) is 11.3 Å². The van der Waals surface area contributed by atoms with E-state index >= 15 is 0 Å². The maximum absolute atomic E-state index is 13.0. The van der Waals surface area contributed by atoms with Gasteiger partial charge >= 0.3 is 0 Å². The maximum atomic E-state index is 13.0. The number of fused-ring (bicyclic) bond motifs is 1. The first kappa shape index (κ1) is 23.9. The third-order valence-electron chi connectivity index (χ3n) is 7.02. The highest BCUT2D eigenvalue weighted by molar-refractivity contribution is 6.04. The average molecular weight is 485 g/mol. The molecular weight excluding hydrogens is 452 g/mol. The van der Waals surface area contributed by atoms with Crippen molar-refractivity contribution in [2.45, 2.75) is 64.4 Å². The second-order valence-electron chi connectivity index (χ2n) is 9.64.